The Morgan fingerprint density at radius 2 is 2.08 bits per heavy atom. The maximum absolute atomic E-state index is 5.60. The van der Waals surface area contributed by atoms with Crippen molar-refractivity contribution in [3.63, 3.8) is 0 Å². The van der Waals surface area contributed by atoms with Crippen LogP contribution in [0.4, 0.5) is 0 Å². The topological polar surface area (TPSA) is 74.9 Å². The van der Waals surface area contributed by atoms with Crippen molar-refractivity contribution in [3.05, 3.63) is 47.9 Å². The van der Waals surface area contributed by atoms with E-state index in [9.17, 15) is 0 Å². The summed E-state index contributed by atoms with van der Waals surface area (Å²) in [5, 5.41) is 10.6. The van der Waals surface area contributed by atoms with Gasteiger partial charge in [0.2, 0.25) is 0 Å². The molecule has 1 aromatic carbocycles. The van der Waals surface area contributed by atoms with Crippen molar-refractivity contribution >= 4 is 5.96 Å². The second kappa shape index (κ2) is 9.24. The Morgan fingerprint density at radius 1 is 1.27 bits per heavy atom. The van der Waals surface area contributed by atoms with Crippen molar-refractivity contribution in [2.45, 2.75) is 25.4 Å². The zero-order chi connectivity index (χ0) is 18.2. The first-order valence-electron chi connectivity index (χ1n) is 9.02. The van der Waals surface area contributed by atoms with E-state index in [1.165, 1.54) is 18.4 Å². The van der Waals surface area contributed by atoms with E-state index < -0.39 is 0 Å². The molecule has 7 heteroatoms. The lowest BCUT2D eigenvalue weighted by Gasteiger charge is -2.30. The quantitative estimate of drug-likeness (QED) is 0.584. The molecule has 1 saturated heterocycles. The number of aliphatic imine (C=N–C) groups is 1. The average molecular weight is 357 g/mol. The molecule has 1 atom stereocenters. The maximum atomic E-state index is 5.60. The molecule has 0 aliphatic carbocycles. The minimum absolute atomic E-state index is 0.235. The largest absolute Gasteiger partial charge is 0.496 e. The van der Waals surface area contributed by atoms with Crippen molar-refractivity contribution in [1.82, 2.24) is 20.7 Å². The number of methoxy groups -OCH3 is 1. The summed E-state index contributed by atoms with van der Waals surface area (Å²) < 4.78 is 10.5. The Labute approximate surface area is 154 Å². The number of guanidine groups is 1. The minimum atomic E-state index is 0.235. The molecule has 1 unspecified atom stereocenters. The first-order chi connectivity index (χ1) is 12.8. The molecule has 1 fully saturated rings. The molecule has 0 amide bonds. The van der Waals surface area contributed by atoms with Gasteiger partial charge in [0.25, 0.3) is 0 Å². The Kier molecular flexibility index (Phi) is 6.49. The van der Waals surface area contributed by atoms with Gasteiger partial charge in [0.1, 0.15) is 17.7 Å². The molecular weight excluding hydrogens is 330 g/mol. The zero-order valence-corrected chi connectivity index (χ0v) is 15.4. The van der Waals surface area contributed by atoms with Gasteiger partial charge in [-0.1, -0.05) is 23.4 Å². The SMILES string of the molecule is CN=C(NCc1ccon1)NCC(c1ccccc1OC)N1CCCC1. The molecule has 1 aliphatic heterocycles. The van der Waals surface area contributed by atoms with Crippen LogP contribution in [0.5, 0.6) is 5.75 Å². The van der Waals surface area contributed by atoms with E-state index in [0.717, 1.165) is 37.0 Å². The molecule has 0 bridgehead atoms. The molecule has 140 valence electrons. The number of nitrogens with one attached hydrogen (secondary N) is 2. The molecule has 1 aromatic heterocycles. The number of ether oxygens (including phenoxy) is 1. The first-order valence-corrected chi connectivity index (χ1v) is 9.02. The highest BCUT2D eigenvalue weighted by Gasteiger charge is 2.26. The van der Waals surface area contributed by atoms with Crippen LogP contribution >= 0.6 is 0 Å². The Hall–Kier alpha value is -2.54. The molecule has 2 N–H and O–H groups in total. The Bertz CT molecular complexity index is 696. The van der Waals surface area contributed by atoms with Crippen LogP contribution in [0.3, 0.4) is 0 Å². The Balaban J connectivity index is 1.67. The van der Waals surface area contributed by atoms with E-state index in [1.54, 1.807) is 20.4 Å². The molecule has 0 radical (unpaired) electrons. The standard InChI is InChI=1S/C19H27N5O2/c1-20-19(21-13-15-9-12-26-23-15)22-14-17(24-10-5-6-11-24)16-7-3-4-8-18(16)25-2/h3-4,7-9,12,17H,5-6,10-11,13-14H2,1-2H3,(H2,20,21,22). The summed E-state index contributed by atoms with van der Waals surface area (Å²) in [6, 6.07) is 10.3. The normalized spacial score (nSPS) is 16.5. The average Bonchev–Trinajstić information content (AvgIpc) is 3.39. The van der Waals surface area contributed by atoms with Crippen LogP contribution in [-0.4, -0.2) is 49.8 Å². The molecular formula is C19H27N5O2. The highest BCUT2D eigenvalue weighted by atomic mass is 16.5. The highest BCUT2D eigenvalue weighted by Crippen LogP contribution is 2.31. The van der Waals surface area contributed by atoms with Crippen molar-refractivity contribution in [1.29, 1.82) is 0 Å². The van der Waals surface area contributed by atoms with Gasteiger partial charge in [0.15, 0.2) is 5.96 Å². The number of rotatable bonds is 7. The van der Waals surface area contributed by atoms with Gasteiger partial charge in [-0.25, -0.2) is 0 Å². The summed E-state index contributed by atoms with van der Waals surface area (Å²) >= 11 is 0. The monoisotopic (exact) mass is 357 g/mol. The van der Waals surface area contributed by atoms with Gasteiger partial charge in [-0.3, -0.25) is 9.89 Å². The number of aromatic nitrogens is 1. The molecule has 26 heavy (non-hydrogen) atoms. The van der Waals surface area contributed by atoms with E-state index in [4.69, 9.17) is 9.26 Å². The van der Waals surface area contributed by atoms with Crippen LogP contribution in [0, 0.1) is 0 Å². The number of hydrogen-bond donors (Lipinski definition) is 2. The van der Waals surface area contributed by atoms with E-state index in [1.807, 2.05) is 18.2 Å². The maximum Gasteiger partial charge on any atom is 0.191 e. The van der Waals surface area contributed by atoms with Gasteiger partial charge in [-0.2, -0.15) is 0 Å². The smallest absolute Gasteiger partial charge is 0.191 e. The lowest BCUT2D eigenvalue weighted by molar-refractivity contribution is 0.239. The van der Waals surface area contributed by atoms with Crippen LogP contribution in [0.1, 0.15) is 30.1 Å². The van der Waals surface area contributed by atoms with Gasteiger partial charge in [-0.15, -0.1) is 0 Å². The van der Waals surface area contributed by atoms with Gasteiger partial charge in [-0.05, 0) is 32.0 Å². The van der Waals surface area contributed by atoms with Gasteiger partial charge >= 0.3 is 0 Å². The highest BCUT2D eigenvalue weighted by molar-refractivity contribution is 5.79. The fraction of sp³-hybridized carbons (Fsp3) is 0.474. The summed E-state index contributed by atoms with van der Waals surface area (Å²) in [6.45, 7) is 3.53. The molecule has 7 nitrogen and oxygen atoms in total. The number of hydrogen-bond acceptors (Lipinski definition) is 5. The van der Waals surface area contributed by atoms with E-state index in [-0.39, 0.29) is 6.04 Å². The summed E-state index contributed by atoms with van der Waals surface area (Å²) in [6.07, 6.45) is 4.05. The van der Waals surface area contributed by atoms with Crippen molar-refractivity contribution < 1.29 is 9.26 Å². The van der Waals surface area contributed by atoms with Crippen LogP contribution in [-0.2, 0) is 6.54 Å². The number of para-hydroxylation sites is 1. The van der Waals surface area contributed by atoms with Gasteiger partial charge in [0, 0.05) is 25.2 Å². The van der Waals surface area contributed by atoms with Crippen LogP contribution in [0.15, 0.2) is 46.1 Å². The fourth-order valence-electron chi connectivity index (χ4n) is 3.35. The van der Waals surface area contributed by atoms with Crippen molar-refractivity contribution in [3.8, 4) is 5.75 Å². The second-order valence-corrected chi connectivity index (χ2v) is 6.30. The van der Waals surface area contributed by atoms with E-state index in [0.29, 0.717) is 6.54 Å². The zero-order valence-electron chi connectivity index (χ0n) is 15.4. The number of likely N-dealkylation sites (tertiary alicyclic amines) is 1. The van der Waals surface area contributed by atoms with Crippen LogP contribution in [0.2, 0.25) is 0 Å². The molecule has 0 saturated carbocycles. The second-order valence-electron chi connectivity index (χ2n) is 6.30. The minimum Gasteiger partial charge on any atom is -0.496 e. The summed E-state index contributed by atoms with van der Waals surface area (Å²) in [4.78, 5) is 6.82. The van der Waals surface area contributed by atoms with Crippen LogP contribution < -0.4 is 15.4 Å². The lowest BCUT2D eigenvalue weighted by atomic mass is 10.0. The fourth-order valence-corrected chi connectivity index (χ4v) is 3.35. The van der Waals surface area contributed by atoms with E-state index in [2.05, 4.69) is 37.8 Å². The van der Waals surface area contributed by atoms with E-state index >= 15 is 0 Å². The van der Waals surface area contributed by atoms with Crippen molar-refractivity contribution in [2.24, 2.45) is 4.99 Å². The molecule has 0 spiro atoms. The van der Waals surface area contributed by atoms with Gasteiger partial charge in [0.05, 0.1) is 19.7 Å². The predicted octanol–water partition coefficient (Wildman–Crippen LogP) is 2.19. The van der Waals surface area contributed by atoms with Crippen molar-refractivity contribution in [2.75, 3.05) is 33.8 Å². The summed E-state index contributed by atoms with van der Waals surface area (Å²) in [7, 11) is 3.50. The Morgan fingerprint density at radius 3 is 2.77 bits per heavy atom. The molecule has 3 rings (SSSR count). The summed E-state index contributed by atoms with van der Waals surface area (Å²) in [5.74, 6) is 1.67. The van der Waals surface area contributed by atoms with Gasteiger partial charge < -0.3 is 19.9 Å². The third-order valence-electron chi connectivity index (χ3n) is 4.69. The third kappa shape index (κ3) is 4.54. The number of benzene rings is 1. The molecule has 2 aromatic rings. The molecule has 1 aliphatic rings. The number of nitrogens with zero attached hydrogens (tertiary/aromatic N) is 3. The molecule has 2 heterocycles. The summed E-state index contributed by atoms with van der Waals surface area (Å²) in [5.41, 5.74) is 2.05. The van der Waals surface area contributed by atoms with Crippen LogP contribution in [0.25, 0.3) is 0 Å². The predicted molar refractivity (Wildman–Crippen MR) is 101 cm³/mol. The lowest BCUT2D eigenvalue weighted by Crippen LogP contribution is -2.42. The third-order valence-corrected chi connectivity index (χ3v) is 4.69. The first kappa shape index (κ1) is 18.3.